The highest BCUT2D eigenvalue weighted by atomic mass is 79.9. The molecule has 96 valence electrons. The lowest BCUT2D eigenvalue weighted by Crippen LogP contribution is -2.12. The second-order valence-corrected chi connectivity index (χ2v) is 6.56. The Morgan fingerprint density at radius 2 is 2.17 bits per heavy atom. The number of nitrogens with two attached hydrogens (primary N) is 1. The minimum absolute atomic E-state index is 0.0399. The Bertz CT molecular complexity index is 544. The number of hydrogen-bond donors (Lipinski definition) is 1. The summed E-state index contributed by atoms with van der Waals surface area (Å²) in [5.41, 5.74) is 7.27. The van der Waals surface area contributed by atoms with Crippen LogP contribution in [0.4, 0.5) is 0 Å². The molecule has 1 heterocycles. The molecular weight excluding hydrogens is 334 g/mol. The van der Waals surface area contributed by atoms with Crippen molar-refractivity contribution in [2.24, 2.45) is 5.73 Å². The maximum Gasteiger partial charge on any atom is 0.133 e. The first-order valence-corrected chi connectivity index (χ1v) is 7.42. The van der Waals surface area contributed by atoms with Crippen LogP contribution < -0.4 is 10.5 Å². The van der Waals surface area contributed by atoms with Gasteiger partial charge in [0.1, 0.15) is 5.75 Å². The van der Waals surface area contributed by atoms with E-state index in [9.17, 15) is 0 Å². The Balaban J connectivity index is 2.13. The molecule has 0 fully saturated rings. The second kappa shape index (κ2) is 6.06. The van der Waals surface area contributed by atoms with Crippen LogP contribution in [-0.4, -0.2) is 7.11 Å². The molecule has 0 aliphatic heterocycles. The molecule has 5 heteroatoms. The Morgan fingerprint density at radius 3 is 2.72 bits per heavy atom. The lowest BCUT2D eigenvalue weighted by atomic mass is 10.0. The first kappa shape index (κ1) is 13.9. The van der Waals surface area contributed by atoms with Crippen LogP contribution in [0.5, 0.6) is 5.75 Å². The zero-order valence-corrected chi connectivity index (χ0v) is 13.0. The summed E-state index contributed by atoms with van der Waals surface area (Å²) >= 11 is 10.9. The summed E-state index contributed by atoms with van der Waals surface area (Å²) in [5, 5.41) is 0. The Hall–Kier alpha value is -0.550. The summed E-state index contributed by atoms with van der Waals surface area (Å²) < 4.78 is 6.92. The fraction of sp³-hybridized carbons (Fsp3) is 0.231. The number of hydrogen-bond acceptors (Lipinski definition) is 3. The van der Waals surface area contributed by atoms with Crippen molar-refractivity contribution in [3.8, 4) is 5.75 Å². The van der Waals surface area contributed by atoms with Crippen LogP contribution in [-0.2, 0) is 6.42 Å². The molecule has 1 atom stereocenters. The van der Waals surface area contributed by atoms with E-state index < -0.39 is 0 Å². The van der Waals surface area contributed by atoms with E-state index in [4.69, 9.17) is 22.1 Å². The zero-order valence-electron chi connectivity index (χ0n) is 9.82. The van der Waals surface area contributed by atoms with Crippen LogP contribution in [0.25, 0.3) is 0 Å². The van der Waals surface area contributed by atoms with Crippen LogP contribution in [0.1, 0.15) is 16.5 Å². The minimum atomic E-state index is -0.0399. The average Bonchev–Trinajstić information content (AvgIpc) is 2.74. The van der Waals surface area contributed by atoms with E-state index in [1.165, 1.54) is 4.88 Å². The van der Waals surface area contributed by atoms with Gasteiger partial charge in [-0.25, -0.2) is 0 Å². The van der Waals surface area contributed by atoms with Gasteiger partial charge in [0.25, 0.3) is 0 Å². The fourth-order valence-electron chi connectivity index (χ4n) is 1.71. The van der Waals surface area contributed by atoms with Gasteiger partial charge in [0, 0.05) is 17.3 Å². The monoisotopic (exact) mass is 345 g/mol. The molecular formula is C13H13BrClNOS. The van der Waals surface area contributed by atoms with Crippen molar-refractivity contribution in [3.63, 3.8) is 0 Å². The van der Waals surface area contributed by atoms with Gasteiger partial charge in [-0.1, -0.05) is 17.7 Å². The van der Waals surface area contributed by atoms with E-state index in [1.54, 1.807) is 18.4 Å². The van der Waals surface area contributed by atoms with Crippen LogP contribution >= 0.6 is 38.9 Å². The first-order valence-electron chi connectivity index (χ1n) is 5.43. The third kappa shape index (κ3) is 3.26. The Kier molecular flexibility index (Phi) is 4.67. The fourth-order valence-corrected chi connectivity index (χ4v) is 3.41. The van der Waals surface area contributed by atoms with Crippen LogP contribution in [0, 0.1) is 0 Å². The number of ether oxygens (including phenoxy) is 1. The van der Waals surface area contributed by atoms with Crippen LogP contribution in [0.15, 0.2) is 34.8 Å². The molecule has 0 aliphatic rings. The lowest BCUT2D eigenvalue weighted by Gasteiger charge is -2.12. The molecule has 1 unspecified atom stereocenters. The Morgan fingerprint density at radius 1 is 1.39 bits per heavy atom. The van der Waals surface area contributed by atoms with Gasteiger partial charge in [-0.05, 0) is 45.8 Å². The van der Waals surface area contributed by atoms with Gasteiger partial charge >= 0.3 is 0 Å². The second-order valence-electron chi connectivity index (χ2n) is 3.91. The number of benzene rings is 1. The van der Waals surface area contributed by atoms with Crippen molar-refractivity contribution < 1.29 is 4.74 Å². The van der Waals surface area contributed by atoms with Crippen molar-refractivity contribution >= 4 is 38.9 Å². The number of thiophene rings is 1. The maximum atomic E-state index is 6.20. The summed E-state index contributed by atoms with van der Waals surface area (Å²) in [6.07, 6.45) is 0.788. The molecule has 2 aromatic rings. The largest absolute Gasteiger partial charge is 0.496 e. The van der Waals surface area contributed by atoms with Crippen LogP contribution in [0.2, 0.25) is 4.34 Å². The van der Waals surface area contributed by atoms with Gasteiger partial charge in [-0.2, -0.15) is 0 Å². The molecule has 1 aromatic heterocycles. The summed E-state index contributed by atoms with van der Waals surface area (Å²) in [7, 11) is 1.65. The van der Waals surface area contributed by atoms with E-state index in [-0.39, 0.29) is 6.04 Å². The summed E-state index contributed by atoms with van der Waals surface area (Å²) in [5.74, 6) is 0.810. The third-order valence-electron chi connectivity index (χ3n) is 2.65. The van der Waals surface area contributed by atoms with Gasteiger partial charge in [0.15, 0.2) is 0 Å². The lowest BCUT2D eigenvalue weighted by molar-refractivity contribution is 0.412. The number of halogens is 2. The molecule has 2 rings (SSSR count). The molecule has 0 radical (unpaired) electrons. The SMILES string of the molecule is COc1ccc(C(N)Cc2ccc(Cl)s2)cc1Br. The van der Waals surface area contributed by atoms with E-state index in [1.807, 2.05) is 30.3 Å². The smallest absolute Gasteiger partial charge is 0.133 e. The van der Waals surface area contributed by atoms with Crippen molar-refractivity contribution in [3.05, 3.63) is 49.6 Å². The van der Waals surface area contributed by atoms with E-state index in [0.717, 1.165) is 26.5 Å². The predicted octanol–water partition coefficient (Wildman–Crippen LogP) is 4.42. The first-order chi connectivity index (χ1) is 8.60. The van der Waals surface area contributed by atoms with E-state index in [0.29, 0.717) is 0 Å². The van der Waals surface area contributed by atoms with Gasteiger partial charge in [0.05, 0.1) is 15.9 Å². The van der Waals surface area contributed by atoms with Crippen molar-refractivity contribution in [1.29, 1.82) is 0 Å². The van der Waals surface area contributed by atoms with Gasteiger partial charge in [-0.15, -0.1) is 11.3 Å². The summed E-state index contributed by atoms with van der Waals surface area (Å²) in [6, 6.07) is 9.79. The highest BCUT2D eigenvalue weighted by Crippen LogP contribution is 2.30. The normalized spacial score (nSPS) is 12.4. The summed E-state index contributed by atoms with van der Waals surface area (Å²) in [4.78, 5) is 1.19. The van der Waals surface area contributed by atoms with Gasteiger partial charge < -0.3 is 10.5 Å². The van der Waals surface area contributed by atoms with Gasteiger partial charge in [-0.3, -0.25) is 0 Å². The molecule has 0 saturated heterocycles. The quantitative estimate of drug-likeness (QED) is 0.889. The number of methoxy groups -OCH3 is 1. The zero-order chi connectivity index (χ0) is 13.1. The third-order valence-corrected chi connectivity index (χ3v) is 4.53. The molecule has 2 nitrogen and oxygen atoms in total. The predicted molar refractivity (Wildman–Crippen MR) is 80.7 cm³/mol. The average molecular weight is 347 g/mol. The minimum Gasteiger partial charge on any atom is -0.496 e. The summed E-state index contributed by atoms with van der Waals surface area (Å²) in [6.45, 7) is 0. The molecule has 1 aromatic carbocycles. The van der Waals surface area contributed by atoms with Crippen molar-refractivity contribution in [2.75, 3.05) is 7.11 Å². The van der Waals surface area contributed by atoms with Crippen molar-refractivity contribution in [2.45, 2.75) is 12.5 Å². The van der Waals surface area contributed by atoms with Crippen molar-refractivity contribution in [1.82, 2.24) is 0 Å². The Labute approximate surface area is 124 Å². The maximum absolute atomic E-state index is 6.20. The van der Waals surface area contributed by atoms with E-state index >= 15 is 0 Å². The molecule has 0 amide bonds. The molecule has 2 N–H and O–H groups in total. The standard InChI is InChI=1S/C13H13BrClNOS/c1-17-12-4-2-8(6-10(12)14)11(16)7-9-3-5-13(15)18-9/h2-6,11H,7,16H2,1H3. The molecule has 18 heavy (non-hydrogen) atoms. The molecule has 0 spiro atoms. The number of rotatable bonds is 4. The molecule has 0 bridgehead atoms. The highest BCUT2D eigenvalue weighted by Gasteiger charge is 2.11. The molecule has 0 saturated carbocycles. The van der Waals surface area contributed by atoms with Gasteiger partial charge in [0.2, 0.25) is 0 Å². The highest BCUT2D eigenvalue weighted by molar-refractivity contribution is 9.10. The van der Waals surface area contributed by atoms with Crippen LogP contribution in [0.3, 0.4) is 0 Å². The topological polar surface area (TPSA) is 35.2 Å². The van der Waals surface area contributed by atoms with E-state index in [2.05, 4.69) is 15.9 Å². The molecule has 0 aliphatic carbocycles.